The number of aromatic nitrogens is 2. The molecule has 1 aliphatic rings. The van der Waals surface area contributed by atoms with E-state index in [2.05, 4.69) is 10.4 Å². The van der Waals surface area contributed by atoms with E-state index in [9.17, 15) is 4.79 Å². The summed E-state index contributed by atoms with van der Waals surface area (Å²) in [6.45, 7) is 1.44. The Balaban J connectivity index is 2.49. The average molecular weight is 186 g/mol. The first-order chi connectivity index (χ1) is 5.79. The molecule has 0 atom stereocenters. The predicted octanol–water partition coefficient (Wildman–Crippen LogP) is 0.670. The van der Waals surface area contributed by atoms with Crippen molar-refractivity contribution in [3.05, 3.63) is 16.9 Å². The number of amides is 1. The fraction of sp³-hybridized carbons (Fsp3) is 0.429. The van der Waals surface area contributed by atoms with Gasteiger partial charge in [0.05, 0.1) is 11.2 Å². The lowest BCUT2D eigenvalue weighted by Crippen LogP contribution is -2.23. The number of fused-ring (bicyclic) bond motifs is 1. The normalized spacial score (nSPS) is 16.6. The monoisotopic (exact) mass is 185 g/mol. The minimum absolute atomic E-state index is 0.130. The average Bonchev–Trinajstić information content (AvgIpc) is 2.29. The molecule has 2 heterocycles. The van der Waals surface area contributed by atoms with Crippen molar-refractivity contribution < 1.29 is 4.79 Å². The smallest absolute Gasteiger partial charge is 0.271 e. The van der Waals surface area contributed by atoms with E-state index < -0.39 is 0 Å². The Bertz CT molecular complexity index is 320. The molecule has 0 spiro atoms. The standard InChI is InChI=1S/C7H8ClN3O/c8-5-4-10-11-3-1-2-9-7(12)6(5)11/h4H,1-3H2,(H,9,12). The molecule has 0 fully saturated rings. The number of rotatable bonds is 0. The van der Waals surface area contributed by atoms with Gasteiger partial charge in [-0.3, -0.25) is 9.48 Å². The van der Waals surface area contributed by atoms with Gasteiger partial charge in [-0.05, 0) is 6.42 Å². The van der Waals surface area contributed by atoms with E-state index in [4.69, 9.17) is 11.6 Å². The summed E-state index contributed by atoms with van der Waals surface area (Å²) >= 11 is 5.78. The molecule has 0 bridgehead atoms. The van der Waals surface area contributed by atoms with Crippen LogP contribution in [-0.2, 0) is 6.54 Å². The fourth-order valence-corrected chi connectivity index (χ4v) is 1.50. The van der Waals surface area contributed by atoms with Crippen molar-refractivity contribution in [3.8, 4) is 0 Å². The predicted molar refractivity (Wildman–Crippen MR) is 44.2 cm³/mol. The Labute approximate surface area is 74.5 Å². The molecule has 4 nitrogen and oxygen atoms in total. The summed E-state index contributed by atoms with van der Waals surface area (Å²) in [6.07, 6.45) is 2.40. The van der Waals surface area contributed by atoms with Crippen molar-refractivity contribution in [1.82, 2.24) is 15.1 Å². The number of carbonyl (C=O) groups excluding carboxylic acids is 1. The summed E-state index contributed by atoms with van der Waals surface area (Å²) in [4.78, 5) is 11.3. The number of hydrogen-bond donors (Lipinski definition) is 1. The second kappa shape index (κ2) is 2.79. The summed E-state index contributed by atoms with van der Waals surface area (Å²) in [5.41, 5.74) is 0.481. The molecule has 1 aromatic heterocycles. The van der Waals surface area contributed by atoms with Gasteiger partial charge in [-0.15, -0.1) is 0 Å². The van der Waals surface area contributed by atoms with Crippen molar-refractivity contribution in [2.45, 2.75) is 13.0 Å². The Kier molecular flexibility index (Phi) is 1.77. The van der Waals surface area contributed by atoms with Gasteiger partial charge in [0, 0.05) is 13.1 Å². The number of halogens is 1. The van der Waals surface area contributed by atoms with Crippen molar-refractivity contribution in [3.63, 3.8) is 0 Å². The van der Waals surface area contributed by atoms with E-state index in [1.165, 1.54) is 6.20 Å². The van der Waals surface area contributed by atoms with Crippen LogP contribution in [0.5, 0.6) is 0 Å². The van der Waals surface area contributed by atoms with Crippen LogP contribution in [0.25, 0.3) is 0 Å². The lowest BCUT2D eigenvalue weighted by atomic mass is 10.4. The van der Waals surface area contributed by atoms with Crippen LogP contribution in [0.4, 0.5) is 0 Å². The number of carbonyl (C=O) groups is 1. The van der Waals surface area contributed by atoms with Crippen LogP contribution in [0.2, 0.25) is 5.02 Å². The van der Waals surface area contributed by atoms with Gasteiger partial charge in [0.1, 0.15) is 5.69 Å². The van der Waals surface area contributed by atoms with Crippen LogP contribution in [0.3, 0.4) is 0 Å². The minimum Gasteiger partial charge on any atom is -0.351 e. The van der Waals surface area contributed by atoms with Crippen LogP contribution in [0.1, 0.15) is 16.9 Å². The molecule has 64 valence electrons. The van der Waals surface area contributed by atoms with Gasteiger partial charge in [0.25, 0.3) is 5.91 Å². The third-order valence-corrected chi connectivity index (χ3v) is 2.12. The summed E-state index contributed by atoms with van der Waals surface area (Å²) in [5, 5.41) is 7.16. The fourth-order valence-electron chi connectivity index (χ4n) is 1.27. The van der Waals surface area contributed by atoms with Crippen LogP contribution >= 0.6 is 11.6 Å². The molecule has 0 radical (unpaired) electrons. The Morgan fingerprint density at radius 2 is 2.50 bits per heavy atom. The molecule has 0 aliphatic carbocycles. The number of nitrogens with one attached hydrogen (secondary N) is 1. The van der Waals surface area contributed by atoms with Crippen molar-refractivity contribution in [1.29, 1.82) is 0 Å². The maximum atomic E-state index is 11.3. The quantitative estimate of drug-likeness (QED) is 0.646. The number of nitrogens with zero attached hydrogens (tertiary/aromatic N) is 2. The zero-order chi connectivity index (χ0) is 8.55. The van der Waals surface area contributed by atoms with Crippen LogP contribution in [0.15, 0.2) is 6.20 Å². The van der Waals surface area contributed by atoms with Crippen LogP contribution < -0.4 is 5.32 Å². The summed E-state index contributed by atoms with van der Waals surface area (Å²) in [7, 11) is 0. The highest BCUT2D eigenvalue weighted by Gasteiger charge is 2.19. The zero-order valence-electron chi connectivity index (χ0n) is 6.38. The second-order valence-electron chi connectivity index (χ2n) is 2.67. The highest BCUT2D eigenvalue weighted by Crippen LogP contribution is 2.16. The molecule has 0 unspecified atom stereocenters. The van der Waals surface area contributed by atoms with Gasteiger partial charge in [-0.25, -0.2) is 0 Å². The molecule has 12 heavy (non-hydrogen) atoms. The third-order valence-electron chi connectivity index (χ3n) is 1.84. The number of hydrogen-bond acceptors (Lipinski definition) is 2. The molecule has 0 saturated heterocycles. The molecular formula is C7H8ClN3O. The van der Waals surface area contributed by atoms with Crippen molar-refractivity contribution in [2.75, 3.05) is 6.54 Å². The first-order valence-corrected chi connectivity index (χ1v) is 4.16. The molecule has 0 saturated carbocycles. The highest BCUT2D eigenvalue weighted by molar-refractivity contribution is 6.33. The largest absolute Gasteiger partial charge is 0.351 e. The number of aryl methyl sites for hydroxylation is 1. The molecular weight excluding hydrogens is 178 g/mol. The second-order valence-corrected chi connectivity index (χ2v) is 3.08. The lowest BCUT2D eigenvalue weighted by Gasteiger charge is -1.99. The Morgan fingerprint density at radius 1 is 1.67 bits per heavy atom. The van der Waals surface area contributed by atoms with E-state index >= 15 is 0 Å². The molecule has 1 aromatic rings. The van der Waals surface area contributed by atoms with Gasteiger partial charge in [-0.1, -0.05) is 11.6 Å². The van der Waals surface area contributed by atoms with Crippen molar-refractivity contribution in [2.24, 2.45) is 0 Å². The molecule has 0 aromatic carbocycles. The van der Waals surface area contributed by atoms with Gasteiger partial charge in [0.15, 0.2) is 0 Å². The topological polar surface area (TPSA) is 46.9 Å². The first-order valence-electron chi connectivity index (χ1n) is 3.78. The van der Waals surface area contributed by atoms with Gasteiger partial charge >= 0.3 is 0 Å². The van der Waals surface area contributed by atoms with Crippen molar-refractivity contribution >= 4 is 17.5 Å². The molecule has 1 N–H and O–H groups in total. The zero-order valence-corrected chi connectivity index (χ0v) is 7.14. The van der Waals surface area contributed by atoms with E-state index in [1.807, 2.05) is 0 Å². The maximum Gasteiger partial charge on any atom is 0.271 e. The molecule has 2 rings (SSSR count). The van der Waals surface area contributed by atoms with E-state index in [0.717, 1.165) is 13.0 Å². The van der Waals surface area contributed by atoms with Gasteiger partial charge in [0.2, 0.25) is 0 Å². The lowest BCUT2D eigenvalue weighted by molar-refractivity contribution is 0.0950. The van der Waals surface area contributed by atoms with E-state index in [1.54, 1.807) is 4.68 Å². The Morgan fingerprint density at radius 3 is 3.33 bits per heavy atom. The highest BCUT2D eigenvalue weighted by atomic mass is 35.5. The molecule has 5 heteroatoms. The molecule has 1 aliphatic heterocycles. The third kappa shape index (κ3) is 1.08. The first kappa shape index (κ1) is 7.61. The summed E-state index contributed by atoms with van der Waals surface area (Å²) < 4.78 is 1.64. The van der Waals surface area contributed by atoms with Crippen LogP contribution in [0, 0.1) is 0 Å². The maximum absolute atomic E-state index is 11.3. The summed E-state index contributed by atoms with van der Waals surface area (Å²) in [6, 6.07) is 0. The van der Waals surface area contributed by atoms with Crippen LogP contribution in [-0.4, -0.2) is 22.2 Å². The van der Waals surface area contributed by atoms with Gasteiger partial charge in [-0.2, -0.15) is 5.10 Å². The van der Waals surface area contributed by atoms with E-state index in [0.29, 0.717) is 17.3 Å². The Hall–Kier alpha value is -1.03. The SMILES string of the molecule is O=C1NCCCn2ncc(Cl)c21. The molecule has 1 amide bonds. The minimum atomic E-state index is -0.130. The van der Waals surface area contributed by atoms with Gasteiger partial charge < -0.3 is 5.32 Å². The van der Waals surface area contributed by atoms with E-state index in [-0.39, 0.29) is 5.91 Å². The summed E-state index contributed by atoms with van der Waals surface area (Å²) in [5.74, 6) is -0.130.